The Kier molecular flexibility index (Phi) is 11.3. The van der Waals surface area contributed by atoms with Crippen LogP contribution in [0, 0.1) is 0 Å². The second kappa shape index (κ2) is 17.3. The lowest BCUT2D eigenvalue weighted by Crippen LogP contribution is -2.48. The second-order valence-corrected chi connectivity index (χ2v) is 18.8. The van der Waals surface area contributed by atoms with E-state index >= 15 is 0 Å². The van der Waals surface area contributed by atoms with E-state index in [1.54, 1.807) is 75.9 Å². The normalized spacial score (nSPS) is 11.9. The summed E-state index contributed by atoms with van der Waals surface area (Å²) in [5.41, 5.74) is 6.48. The first-order valence-corrected chi connectivity index (χ1v) is 23.2. The zero-order chi connectivity index (χ0) is 53.1. The van der Waals surface area contributed by atoms with Crippen LogP contribution in [0.3, 0.4) is 0 Å². The fourth-order valence-electron chi connectivity index (χ4n) is 11.0. The highest BCUT2D eigenvalue weighted by molar-refractivity contribution is 6.69. The SMILES string of the molecule is [B]c1ccc(-c2cccc(-n3c4c([B])c([B])c(-c5c([B])c(O)c6c(c5[B])c5cc([B])c([B])c([B])c5n6-c5ccc([B])cc5)c([B])c4c4c([B])c(O)c5c(c6c([B])c([B])c([B])c([B])c6n5-c5ccc([B])cc5)c43)c2)cc1. The van der Waals surface area contributed by atoms with Crippen LogP contribution < -0.4 is 87.4 Å². The highest BCUT2D eigenvalue weighted by atomic mass is 16.3. The van der Waals surface area contributed by atoms with E-state index in [4.69, 9.17) is 126 Å². The Bertz CT molecular complexity index is 4550. The van der Waals surface area contributed by atoms with Gasteiger partial charge in [0, 0.05) is 65.9 Å². The van der Waals surface area contributed by atoms with Gasteiger partial charge in [-0.25, -0.2) is 0 Å². The van der Waals surface area contributed by atoms with E-state index in [9.17, 15) is 10.2 Å². The van der Waals surface area contributed by atoms with Gasteiger partial charge in [0.1, 0.15) is 137 Å². The maximum absolute atomic E-state index is 12.8. The van der Waals surface area contributed by atoms with Gasteiger partial charge in [0.25, 0.3) is 0 Å². The van der Waals surface area contributed by atoms with E-state index < -0.39 is 11.5 Å². The number of benzene rings is 9. The highest BCUT2D eigenvalue weighted by Gasteiger charge is 2.32. The van der Waals surface area contributed by atoms with Crippen molar-refractivity contribution >= 4 is 278 Å². The number of phenols is 2. The van der Waals surface area contributed by atoms with E-state index in [-0.39, 0.29) is 115 Å². The van der Waals surface area contributed by atoms with Crippen molar-refractivity contribution in [3.8, 4) is 50.8 Å². The van der Waals surface area contributed by atoms with Crippen LogP contribution in [0.15, 0.2) is 103 Å². The van der Waals surface area contributed by atoms with Crippen LogP contribution in [-0.2, 0) is 0 Å². The van der Waals surface area contributed by atoms with Gasteiger partial charge >= 0.3 is 0 Å². The predicted octanol–water partition coefficient (Wildman–Crippen LogP) is -5.58. The lowest BCUT2D eigenvalue weighted by molar-refractivity contribution is 0.484. The molecule has 2 N–H and O–H groups in total. The monoisotopic (exact) mass is 917 g/mol. The first kappa shape index (κ1) is 48.9. The van der Waals surface area contributed by atoms with Gasteiger partial charge in [-0.05, 0) is 69.6 Å². The molecule has 5 nitrogen and oxygen atoms in total. The van der Waals surface area contributed by atoms with E-state index in [2.05, 4.69) is 0 Å². The standard InChI is InChI=1S/C54H19B16N3O2/c55-20-6-4-18(5-7-20)19-2-1-3-25(16-19)73-48-32(41(65)54(75)52-34(48)33-39(63)42(66)43(67)46(70)50(33)72(52)24-14-10-22(57)11-15-24)31-37(61)29(38(62)45(69)49(31)73)30-36(60)28-26-17-27(58)35(59)44(68)47(26)71(51(28)53(74)40(30)64)23-12-8-21(56)9-13-23/h1-17,74-75H. The molecule has 9 aromatic carbocycles. The van der Waals surface area contributed by atoms with Crippen LogP contribution in [0.25, 0.3) is 105 Å². The Labute approximate surface area is 453 Å². The van der Waals surface area contributed by atoms with Crippen molar-refractivity contribution in [3.63, 3.8) is 0 Å². The summed E-state index contributed by atoms with van der Waals surface area (Å²) in [5, 5.41) is 27.1. The van der Waals surface area contributed by atoms with Crippen molar-refractivity contribution in [2.24, 2.45) is 0 Å². The lowest BCUT2D eigenvalue weighted by Gasteiger charge is -2.24. The molecule has 0 amide bonds. The molecule has 0 aliphatic heterocycles. The van der Waals surface area contributed by atoms with Gasteiger partial charge in [-0.3, -0.25) is 0 Å². The average Bonchev–Trinajstić information content (AvgIpc) is 4.14. The number of aromatic nitrogens is 3. The molecule has 0 spiro atoms. The van der Waals surface area contributed by atoms with Gasteiger partial charge in [0.15, 0.2) is 0 Å². The molecule has 12 rings (SSSR count). The number of hydrogen-bond donors (Lipinski definition) is 2. The Morgan fingerprint density at radius 3 is 1.32 bits per heavy atom. The van der Waals surface area contributed by atoms with Gasteiger partial charge in [-0.15, -0.1) is 21.9 Å². The van der Waals surface area contributed by atoms with Crippen LogP contribution >= 0.6 is 0 Å². The predicted molar refractivity (Wildman–Crippen MR) is 330 cm³/mol. The Balaban J connectivity index is 1.30. The maximum Gasteiger partial charge on any atom is 0.133 e. The summed E-state index contributed by atoms with van der Waals surface area (Å²) in [5.74, 6) is -0.812. The molecule has 0 saturated heterocycles. The fourth-order valence-corrected chi connectivity index (χ4v) is 11.0. The zero-order valence-electron chi connectivity index (χ0n) is 39.8. The minimum atomic E-state index is -0.419. The Morgan fingerprint density at radius 2 is 0.720 bits per heavy atom. The third-order valence-electron chi connectivity index (χ3n) is 14.6. The van der Waals surface area contributed by atoms with Crippen molar-refractivity contribution in [2.75, 3.05) is 0 Å². The van der Waals surface area contributed by atoms with E-state index in [0.29, 0.717) is 66.2 Å². The molecule has 3 heterocycles. The summed E-state index contributed by atoms with van der Waals surface area (Å²) in [6.45, 7) is 0. The van der Waals surface area contributed by atoms with E-state index in [0.717, 1.165) is 11.1 Å². The van der Waals surface area contributed by atoms with Gasteiger partial charge in [0.05, 0.1) is 16.6 Å². The fraction of sp³-hybridized carbons (Fsp3) is 0. The van der Waals surface area contributed by atoms with Gasteiger partial charge in [-0.2, -0.15) is 0 Å². The highest BCUT2D eigenvalue weighted by Crippen LogP contribution is 2.44. The van der Waals surface area contributed by atoms with Gasteiger partial charge in [0.2, 0.25) is 0 Å². The molecule has 0 aliphatic carbocycles. The van der Waals surface area contributed by atoms with Gasteiger partial charge in [-0.1, -0.05) is 121 Å². The molecule has 0 unspecified atom stereocenters. The molecule has 75 heavy (non-hydrogen) atoms. The molecule has 310 valence electrons. The number of fused-ring (bicyclic) bond motifs is 10. The zero-order valence-corrected chi connectivity index (χ0v) is 39.8. The molecule has 0 bridgehead atoms. The molecule has 21 heteroatoms. The molecular formula is C54H19B16N3O2. The molecule has 0 aliphatic rings. The van der Waals surface area contributed by atoms with Crippen LogP contribution in [0.1, 0.15) is 0 Å². The van der Waals surface area contributed by atoms with E-state index in [1.807, 2.05) is 41.0 Å². The van der Waals surface area contributed by atoms with Crippen LogP contribution in [0.4, 0.5) is 0 Å². The number of aromatic hydroxyl groups is 2. The largest absolute Gasteiger partial charge is 0.506 e. The summed E-state index contributed by atoms with van der Waals surface area (Å²) in [6, 6.07) is 30.3. The Hall–Kier alpha value is -6.98. The molecule has 3 aromatic heterocycles. The summed E-state index contributed by atoms with van der Waals surface area (Å²) in [7, 11) is 109. The van der Waals surface area contributed by atoms with Crippen molar-refractivity contribution < 1.29 is 10.2 Å². The maximum atomic E-state index is 12.8. The minimum absolute atomic E-state index is 0.00416. The van der Waals surface area contributed by atoms with Gasteiger partial charge < -0.3 is 23.9 Å². The minimum Gasteiger partial charge on any atom is -0.506 e. The molecular weight excluding hydrogens is 896 g/mol. The number of rotatable bonds is 5. The summed E-state index contributed by atoms with van der Waals surface area (Å²) in [6.07, 6.45) is 0. The van der Waals surface area contributed by atoms with Crippen molar-refractivity contribution in [3.05, 3.63) is 103 Å². The molecule has 32 radical (unpaired) electrons. The van der Waals surface area contributed by atoms with E-state index in [1.165, 1.54) is 0 Å². The smallest absolute Gasteiger partial charge is 0.133 e. The van der Waals surface area contributed by atoms with Crippen molar-refractivity contribution in [1.29, 1.82) is 0 Å². The van der Waals surface area contributed by atoms with Crippen molar-refractivity contribution in [1.82, 2.24) is 13.7 Å². The number of nitrogens with zero attached hydrogens (tertiary/aromatic N) is 3. The second-order valence-electron chi connectivity index (χ2n) is 18.8. The van der Waals surface area contributed by atoms with Crippen molar-refractivity contribution in [2.45, 2.75) is 0 Å². The first-order chi connectivity index (χ1) is 35.7. The van der Waals surface area contributed by atoms with Crippen LogP contribution in [0.5, 0.6) is 11.5 Å². The first-order valence-electron chi connectivity index (χ1n) is 23.2. The number of hydrogen-bond acceptors (Lipinski definition) is 2. The molecule has 0 fully saturated rings. The average molecular weight is 915 g/mol. The quantitative estimate of drug-likeness (QED) is 0.170. The topological polar surface area (TPSA) is 55.2 Å². The molecule has 0 saturated carbocycles. The summed E-state index contributed by atoms with van der Waals surface area (Å²) < 4.78 is 5.21. The third kappa shape index (κ3) is 6.74. The molecule has 0 atom stereocenters. The van der Waals surface area contributed by atoms with Crippen LogP contribution in [-0.4, -0.2) is 149 Å². The molecule has 12 aromatic rings. The lowest BCUT2D eigenvalue weighted by atomic mass is 9.64. The summed E-state index contributed by atoms with van der Waals surface area (Å²) >= 11 is 0. The number of phenolic OH excluding ortho intramolecular Hbond substituents is 2. The Morgan fingerprint density at radius 1 is 0.280 bits per heavy atom. The van der Waals surface area contributed by atoms with Crippen LogP contribution in [0.2, 0.25) is 0 Å². The summed E-state index contributed by atoms with van der Waals surface area (Å²) in [4.78, 5) is 0. The third-order valence-corrected chi connectivity index (χ3v) is 14.6.